The van der Waals surface area contributed by atoms with Crippen LogP contribution in [0.2, 0.25) is 0 Å². The average molecular weight is 390 g/mol. The van der Waals surface area contributed by atoms with Gasteiger partial charge in [-0.15, -0.1) is 0 Å². The molecule has 1 aliphatic heterocycles. The summed E-state index contributed by atoms with van der Waals surface area (Å²) in [5.41, 5.74) is 11.3. The molecule has 0 spiro atoms. The maximum Gasteiger partial charge on any atom is 0.0361 e. The number of hydrogen-bond donors (Lipinski definition) is 2. The molecule has 0 saturated heterocycles. The van der Waals surface area contributed by atoms with Crippen LogP contribution < -0.4 is 11.1 Å². The Bertz CT molecular complexity index is 522. The van der Waals surface area contributed by atoms with Gasteiger partial charge in [0.1, 0.15) is 0 Å². The molecule has 0 unspecified atom stereocenters. The predicted octanol–water partition coefficient (Wildman–Crippen LogP) is 6.16. The molecule has 1 atom stereocenters. The first-order chi connectivity index (χ1) is 13.6. The van der Waals surface area contributed by atoms with Crippen LogP contribution in [0.5, 0.6) is 0 Å². The van der Waals surface area contributed by atoms with Crippen molar-refractivity contribution in [3.8, 4) is 0 Å². The van der Waals surface area contributed by atoms with E-state index >= 15 is 0 Å². The van der Waals surface area contributed by atoms with Gasteiger partial charge in [-0.05, 0) is 48.0 Å². The van der Waals surface area contributed by atoms with Crippen LogP contribution in [0.4, 0.5) is 0 Å². The molecule has 162 valence electrons. The van der Waals surface area contributed by atoms with Crippen LogP contribution in [0.3, 0.4) is 0 Å². The van der Waals surface area contributed by atoms with E-state index in [1.165, 1.54) is 55.4 Å². The minimum atomic E-state index is 0.564. The average Bonchev–Trinajstić information content (AvgIpc) is 2.97. The molecule has 2 rings (SSSR count). The monoisotopic (exact) mass is 389 g/mol. The first kappa shape index (κ1) is 26.5. The van der Waals surface area contributed by atoms with Crippen molar-refractivity contribution < 1.29 is 0 Å². The van der Waals surface area contributed by atoms with Crippen molar-refractivity contribution in [1.82, 2.24) is 10.2 Å². The molecule has 3 nitrogen and oxygen atoms in total. The lowest BCUT2D eigenvalue weighted by atomic mass is 9.86. The first-order valence-electron chi connectivity index (χ1n) is 11.5. The summed E-state index contributed by atoms with van der Waals surface area (Å²) in [5.74, 6) is 0.732. The standard InChI is InChI=1S/C17H27N3.C6H14.C2H6/c1-4-13-9-10-20(3)17-8-6-14(5-7-16(13)17)15(11-18)12-19-2;1-3-5-6-4-2;1-2/h5-6,8,12-13,19H,4,7,9-11,18H2,1-3H3;3-6H2,1-2H3;1-2H3/b15-12+;;/t13-;;/m1../s1. The van der Waals surface area contributed by atoms with E-state index in [2.05, 4.69) is 56.3 Å². The Labute approximate surface area is 175 Å². The molecule has 28 heavy (non-hydrogen) atoms. The molecule has 0 fully saturated rings. The molecule has 0 amide bonds. The lowest BCUT2D eigenvalue weighted by Crippen LogP contribution is -2.28. The van der Waals surface area contributed by atoms with Crippen LogP contribution in [0.1, 0.15) is 79.6 Å². The lowest BCUT2D eigenvalue weighted by Gasteiger charge is -2.33. The number of nitrogens with one attached hydrogen (secondary N) is 1. The van der Waals surface area contributed by atoms with Crippen molar-refractivity contribution >= 4 is 0 Å². The summed E-state index contributed by atoms with van der Waals surface area (Å²) in [5, 5.41) is 3.09. The van der Waals surface area contributed by atoms with E-state index in [9.17, 15) is 0 Å². The zero-order valence-electron chi connectivity index (χ0n) is 19.8. The Morgan fingerprint density at radius 3 is 2.32 bits per heavy atom. The van der Waals surface area contributed by atoms with Crippen LogP contribution in [0.25, 0.3) is 0 Å². The van der Waals surface area contributed by atoms with Gasteiger partial charge in [0.25, 0.3) is 0 Å². The fourth-order valence-electron chi connectivity index (χ4n) is 3.68. The van der Waals surface area contributed by atoms with Gasteiger partial charge in [0.05, 0.1) is 0 Å². The molecule has 1 heterocycles. The van der Waals surface area contributed by atoms with Crippen molar-refractivity contribution in [1.29, 1.82) is 0 Å². The van der Waals surface area contributed by atoms with Crippen LogP contribution in [0, 0.1) is 5.92 Å². The van der Waals surface area contributed by atoms with Gasteiger partial charge in [0, 0.05) is 39.1 Å². The SMILES string of the molecule is CC.CCCCCC.CC[C@@H]1CCN(C)C2=C1CC=C(/C(=C/NC)CN)C=C2. The normalized spacial score (nSPS) is 18.9. The number of nitrogens with two attached hydrogens (primary N) is 1. The molecule has 0 aromatic rings. The number of allylic oxidation sites excluding steroid dienone is 4. The Kier molecular flexibility index (Phi) is 15.6. The highest BCUT2D eigenvalue weighted by molar-refractivity contribution is 5.47. The van der Waals surface area contributed by atoms with Crippen molar-refractivity contribution in [2.24, 2.45) is 11.7 Å². The second-order valence-corrected chi connectivity index (χ2v) is 7.29. The Balaban J connectivity index is 0.000000780. The zero-order chi connectivity index (χ0) is 21.4. The molecule has 3 heteroatoms. The van der Waals surface area contributed by atoms with Crippen LogP contribution in [-0.2, 0) is 0 Å². The number of likely N-dealkylation sites (N-methyl/N-ethyl adjacent to an activating group) is 1. The molecular formula is C25H47N3. The highest BCUT2D eigenvalue weighted by Crippen LogP contribution is 2.35. The molecule has 0 radical (unpaired) electrons. The molecule has 2 aliphatic rings. The zero-order valence-corrected chi connectivity index (χ0v) is 19.8. The Morgan fingerprint density at radius 1 is 1.18 bits per heavy atom. The van der Waals surface area contributed by atoms with E-state index in [4.69, 9.17) is 5.73 Å². The predicted molar refractivity (Wildman–Crippen MR) is 127 cm³/mol. The number of hydrogen-bond acceptors (Lipinski definition) is 3. The molecule has 1 aliphatic carbocycles. The quantitative estimate of drug-likeness (QED) is 0.512. The van der Waals surface area contributed by atoms with Crippen LogP contribution >= 0.6 is 0 Å². The number of unbranched alkanes of at least 4 members (excludes halogenated alkanes) is 3. The summed E-state index contributed by atoms with van der Waals surface area (Å²) in [7, 11) is 4.12. The van der Waals surface area contributed by atoms with Gasteiger partial charge in [0.15, 0.2) is 0 Å². The first-order valence-corrected chi connectivity index (χ1v) is 11.5. The Hall–Kier alpha value is -1.48. The maximum absolute atomic E-state index is 5.86. The fraction of sp³-hybridized carbons (Fsp3) is 0.680. The van der Waals surface area contributed by atoms with Gasteiger partial charge < -0.3 is 16.0 Å². The van der Waals surface area contributed by atoms with Crippen molar-refractivity contribution in [2.75, 3.05) is 27.2 Å². The summed E-state index contributed by atoms with van der Waals surface area (Å²) < 4.78 is 0. The second-order valence-electron chi connectivity index (χ2n) is 7.29. The van der Waals surface area contributed by atoms with Gasteiger partial charge >= 0.3 is 0 Å². The smallest absolute Gasteiger partial charge is 0.0361 e. The van der Waals surface area contributed by atoms with Gasteiger partial charge in [-0.25, -0.2) is 0 Å². The highest BCUT2D eigenvalue weighted by Gasteiger charge is 2.24. The molecule has 3 N–H and O–H groups in total. The molecular weight excluding hydrogens is 342 g/mol. The lowest BCUT2D eigenvalue weighted by molar-refractivity contribution is 0.333. The van der Waals surface area contributed by atoms with E-state index in [0.29, 0.717) is 6.54 Å². The number of rotatable bonds is 7. The molecule has 0 aromatic carbocycles. The topological polar surface area (TPSA) is 41.3 Å². The summed E-state index contributed by atoms with van der Waals surface area (Å²) in [6, 6.07) is 0. The minimum absolute atomic E-state index is 0.564. The van der Waals surface area contributed by atoms with Crippen molar-refractivity contribution in [2.45, 2.75) is 79.6 Å². The fourth-order valence-corrected chi connectivity index (χ4v) is 3.68. The van der Waals surface area contributed by atoms with E-state index < -0.39 is 0 Å². The van der Waals surface area contributed by atoms with Gasteiger partial charge in [-0.1, -0.05) is 72.5 Å². The van der Waals surface area contributed by atoms with Crippen LogP contribution in [0.15, 0.2) is 46.8 Å². The third kappa shape index (κ3) is 8.68. The second kappa shape index (κ2) is 16.5. The minimum Gasteiger partial charge on any atom is -0.394 e. The largest absolute Gasteiger partial charge is 0.394 e. The summed E-state index contributed by atoms with van der Waals surface area (Å²) in [6.07, 6.45) is 17.9. The van der Waals surface area contributed by atoms with E-state index in [1.54, 1.807) is 5.57 Å². The maximum atomic E-state index is 5.86. The third-order valence-electron chi connectivity index (χ3n) is 5.37. The van der Waals surface area contributed by atoms with Gasteiger partial charge in [-0.2, -0.15) is 0 Å². The summed E-state index contributed by atoms with van der Waals surface area (Å²) >= 11 is 0. The summed E-state index contributed by atoms with van der Waals surface area (Å²) in [6.45, 7) is 12.5. The third-order valence-corrected chi connectivity index (χ3v) is 5.37. The van der Waals surface area contributed by atoms with Crippen molar-refractivity contribution in [3.63, 3.8) is 0 Å². The Morgan fingerprint density at radius 2 is 1.82 bits per heavy atom. The highest BCUT2D eigenvalue weighted by atomic mass is 15.1. The molecule has 0 aromatic heterocycles. The van der Waals surface area contributed by atoms with Crippen molar-refractivity contribution in [3.05, 3.63) is 46.8 Å². The molecule has 0 saturated carbocycles. The van der Waals surface area contributed by atoms with E-state index in [1.807, 2.05) is 27.1 Å². The van der Waals surface area contributed by atoms with Crippen LogP contribution in [-0.4, -0.2) is 32.1 Å². The number of nitrogens with zero attached hydrogens (tertiary/aromatic N) is 1. The molecule has 0 bridgehead atoms. The van der Waals surface area contributed by atoms with E-state index in [0.717, 1.165) is 18.9 Å². The van der Waals surface area contributed by atoms with E-state index in [-0.39, 0.29) is 0 Å². The van der Waals surface area contributed by atoms with Gasteiger partial charge in [0.2, 0.25) is 0 Å². The summed E-state index contributed by atoms with van der Waals surface area (Å²) in [4.78, 5) is 2.39. The van der Waals surface area contributed by atoms with Gasteiger partial charge in [-0.3, -0.25) is 0 Å².